The van der Waals surface area contributed by atoms with Gasteiger partial charge in [-0.1, -0.05) is 30.3 Å². The van der Waals surface area contributed by atoms with Crippen molar-refractivity contribution in [3.63, 3.8) is 0 Å². The molecule has 0 saturated heterocycles. The zero-order chi connectivity index (χ0) is 11.5. The molecule has 2 nitrogen and oxygen atoms in total. The highest BCUT2D eigenvalue weighted by molar-refractivity contribution is 5.24. The maximum Gasteiger partial charge on any atom is 0.423 e. The van der Waals surface area contributed by atoms with Crippen molar-refractivity contribution >= 4 is 0 Å². The molecule has 84 valence electrons. The monoisotopic (exact) mass is 220 g/mol. The highest BCUT2D eigenvalue weighted by atomic mass is 19.4. The summed E-state index contributed by atoms with van der Waals surface area (Å²) in [4.78, 5) is 0. The van der Waals surface area contributed by atoms with E-state index in [1.54, 1.807) is 6.07 Å². The van der Waals surface area contributed by atoms with E-state index in [2.05, 4.69) is 4.74 Å². The molecular weight excluding hydrogens is 209 g/mol. The molecular formula is C10H11F3O2. The molecule has 0 aliphatic heterocycles. The lowest BCUT2D eigenvalue weighted by atomic mass is 9.94. The predicted octanol–water partition coefficient (Wildman–Crippen LogP) is 2.08. The van der Waals surface area contributed by atoms with Crippen LogP contribution in [0.1, 0.15) is 5.56 Å². The van der Waals surface area contributed by atoms with Gasteiger partial charge in [0.05, 0.1) is 6.61 Å². The van der Waals surface area contributed by atoms with Crippen molar-refractivity contribution in [3.05, 3.63) is 35.9 Å². The molecule has 0 radical (unpaired) electrons. The molecule has 0 aliphatic carbocycles. The molecule has 1 atom stereocenters. The van der Waals surface area contributed by atoms with Crippen LogP contribution in [0.3, 0.4) is 0 Å². The molecule has 1 aromatic rings. The van der Waals surface area contributed by atoms with Gasteiger partial charge >= 0.3 is 6.18 Å². The third kappa shape index (κ3) is 2.30. The van der Waals surface area contributed by atoms with Gasteiger partial charge in [-0.05, 0) is 5.56 Å². The Morgan fingerprint density at radius 2 is 1.73 bits per heavy atom. The molecule has 1 rings (SSSR count). The fourth-order valence-corrected chi connectivity index (χ4v) is 1.25. The van der Waals surface area contributed by atoms with Gasteiger partial charge in [0.25, 0.3) is 0 Å². The number of hydrogen-bond acceptors (Lipinski definition) is 2. The van der Waals surface area contributed by atoms with E-state index in [9.17, 15) is 18.3 Å². The first-order valence-corrected chi connectivity index (χ1v) is 4.25. The molecule has 1 aromatic carbocycles. The maximum atomic E-state index is 12.6. The van der Waals surface area contributed by atoms with Gasteiger partial charge in [0.15, 0.2) is 0 Å². The zero-order valence-electron chi connectivity index (χ0n) is 8.08. The summed E-state index contributed by atoms with van der Waals surface area (Å²) < 4.78 is 42.4. The molecule has 0 bridgehead atoms. The molecule has 15 heavy (non-hydrogen) atoms. The summed E-state index contributed by atoms with van der Waals surface area (Å²) in [7, 11) is 1.11. The van der Waals surface area contributed by atoms with Gasteiger partial charge in [-0.25, -0.2) is 0 Å². The summed E-state index contributed by atoms with van der Waals surface area (Å²) in [5, 5.41) is 9.57. The number of ether oxygens (including phenoxy) is 1. The molecule has 0 heterocycles. The summed E-state index contributed by atoms with van der Waals surface area (Å²) >= 11 is 0. The van der Waals surface area contributed by atoms with Gasteiger partial charge in [-0.15, -0.1) is 0 Å². The van der Waals surface area contributed by atoms with Gasteiger partial charge < -0.3 is 9.84 Å². The number of rotatable bonds is 3. The Morgan fingerprint density at radius 3 is 2.13 bits per heavy atom. The van der Waals surface area contributed by atoms with Crippen LogP contribution in [0.2, 0.25) is 0 Å². The fraction of sp³-hybridized carbons (Fsp3) is 0.400. The average Bonchev–Trinajstić information content (AvgIpc) is 2.18. The van der Waals surface area contributed by atoms with Gasteiger partial charge in [0.2, 0.25) is 5.60 Å². The molecule has 0 saturated carbocycles. The first-order valence-electron chi connectivity index (χ1n) is 4.25. The molecule has 0 aromatic heterocycles. The first-order chi connectivity index (χ1) is 6.92. The summed E-state index contributed by atoms with van der Waals surface area (Å²) in [6, 6.07) is 6.87. The average molecular weight is 220 g/mol. The van der Waals surface area contributed by atoms with Crippen molar-refractivity contribution in [2.45, 2.75) is 11.8 Å². The fourth-order valence-electron chi connectivity index (χ4n) is 1.25. The topological polar surface area (TPSA) is 29.5 Å². The highest BCUT2D eigenvalue weighted by Gasteiger charge is 2.55. The molecule has 0 fully saturated rings. The molecule has 0 spiro atoms. The summed E-state index contributed by atoms with van der Waals surface area (Å²) in [5.41, 5.74) is -3.16. The zero-order valence-corrected chi connectivity index (χ0v) is 8.08. The van der Waals surface area contributed by atoms with Crippen LogP contribution >= 0.6 is 0 Å². The number of hydrogen-bond donors (Lipinski definition) is 1. The van der Waals surface area contributed by atoms with E-state index in [-0.39, 0.29) is 5.56 Å². The van der Waals surface area contributed by atoms with Crippen LogP contribution < -0.4 is 0 Å². The van der Waals surface area contributed by atoms with E-state index in [0.29, 0.717) is 0 Å². The van der Waals surface area contributed by atoms with Crippen LogP contribution in [0.25, 0.3) is 0 Å². The lowest BCUT2D eigenvalue weighted by Crippen LogP contribution is -2.46. The molecule has 0 amide bonds. The highest BCUT2D eigenvalue weighted by Crippen LogP contribution is 2.38. The predicted molar refractivity (Wildman–Crippen MR) is 48.3 cm³/mol. The SMILES string of the molecule is COCC(O)(c1ccccc1)C(F)(F)F. The minimum atomic E-state index is -4.76. The minimum absolute atomic E-state index is 0.223. The van der Waals surface area contributed by atoms with Crippen molar-refractivity contribution in [1.82, 2.24) is 0 Å². The van der Waals surface area contributed by atoms with Crippen molar-refractivity contribution in [3.8, 4) is 0 Å². The second kappa shape index (κ2) is 4.20. The molecule has 1 unspecified atom stereocenters. The maximum absolute atomic E-state index is 12.6. The molecule has 1 N–H and O–H groups in total. The summed E-state index contributed by atoms with van der Waals surface area (Å²) in [5.74, 6) is 0. The molecule has 0 aliphatic rings. The van der Waals surface area contributed by atoms with E-state index >= 15 is 0 Å². The van der Waals surface area contributed by atoms with Gasteiger partial charge in [0, 0.05) is 7.11 Å². The summed E-state index contributed by atoms with van der Waals surface area (Å²) in [6.45, 7) is -0.819. The van der Waals surface area contributed by atoms with Crippen LogP contribution in [-0.4, -0.2) is 25.0 Å². The van der Waals surface area contributed by atoms with E-state index in [1.165, 1.54) is 24.3 Å². The Bertz CT molecular complexity index is 310. The van der Waals surface area contributed by atoms with E-state index in [1.807, 2.05) is 0 Å². The Labute approximate surface area is 85.3 Å². The molecule has 5 heteroatoms. The van der Waals surface area contributed by atoms with Crippen molar-refractivity contribution in [1.29, 1.82) is 0 Å². The Balaban J connectivity index is 3.13. The quantitative estimate of drug-likeness (QED) is 0.845. The Morgan fingerprint density at radius 1 is 1.20 bits per heavy atom. The number of methoxy groups -OCH3 is 1. The number of aliphatic hydroxyl groups is 1. The lowest BCUT2D eigenvalue weighted by Gasteiger charge is -2.30. The largest absolute Gasteiger partial charge is 0.423 e. The standard InChI is InChI=1S/C10H11F3O2/c1-15-7-9(14,10(11,12)13)8-5-3-2-4-6-8/h2-6,14H,7H2,1H3. The smallest absolute Gasteiger partial charge is 0.381 e. The summed E-state index contributed by atoms with van der Waals surface area (Å²) in [6.07, 6.45) is -4.76. The van der Waals surface area contributed by atoms with Crippen molar-refractivity contribution in [2.75, 3.05) is 13.7 Å². The Kier molecular flexibility index (Phi) is 3.36. The number of benzene rings is 1. The second-order valence-electron chi connectivity index (χ2n) is 3.16. The van der Waals surface area contributed by atoms with Crippen LogP contribution in [-0.2, 0) is 10.3 Å². The second-order valence-corrected chi connectivity index (χ2v) is 3.16. The first kappa shape index (κ1) is 12.0. The van der Waals surface area contributed by atoms with Crippen LogP contribution in [0.5, 0.6) is 0 Å². The van der Waals surface area contributed by atoms with Crippen LogP contribution in [0.4, 0.5) is 13.2 Å². The van der Waals surface area contributed by atoms with E-state index < -0.39 is 18.4 Å². The number of alkyl halides is 3. The van der Waals surface area contributed by atoms with E-state index in [0.717, 1.165) is 7.11 Å². The third-order valence-electron chi connectivity index (χ3n) is 2.07. The van der Waals surface area contributed by atoms with Crippen LogP contribution in [0, 0.1) is 0 Å². The number of halogens is 3. The van der Waals surface area contributed by atoms with Crippen molar-refractivity contribution in [2.24, 2.45) is 0 Å². The van der Waals surface area contributed by atoms with E-state index in [4.69, 9.17) is 0 Å². The van der Waals surface area contributed by atoms with Crippen molar-refractivity contribution < 1.29 is 23.0 Å². The Hall–Kier alpha value is -1.07. The van der Waals surface area contributed by atoms with Gasteiger partial charge in [0.1, 0.15) is 0 Å². The van der Waals surface area contributed by atoms with Crippen LogP contribution in [0.15, 0.2) is 30.3 Å². The van der Waals surface area contributed by atoms with Gasteiger partial charge in [-0.3, -0.25) is 0 Å². The normalized spacial score (nSPS) is 16.1. The lowest BCUT2D eigenvalue weighted by molar-refractivity contribution is -0.280. The third-order valence-corrected chi connectivity index (χ3v) is 2.07. The van der Waals surface area contributed by atoms with Gasteiger partial charge in [-0.2, -0.15) is 13.2 Å². The minimum Gasteiger partial charge on any atom is -0.381 e.